The van der Waals surface area contributed by atoms with Gasteiger partial charge in [-0.25, -0.2) is 0 Å². The minimum atomic E-state index is -0.808. The molecule has 0 spiro atoms. The van der Waals surface area contributed by atoms with Crippen molar-refractivity contribution in [2.75, 3.05) is 13.2 Å². The largest absolute Gasteiger partial charge is 0.490 e. The molecule has 19 heavy (non-hydrogen) atoms. The van der Waals surface area contributed by atoms with E-state index in [0.717, 1.165) is 30.0 Å². The Labute approximate surface area is 117 Å². The Bertz CT molecular complexity index is 400. The van der Waals surface area contributed by atoms with E-state index in [1.807, 2.05) is 39.8 Å². The first kappa shape index (κ1) is 16.0. The maximum absolute atomic E-state index is 10.3. The number of para-hydroxylation sites is 1. The van der Waals surface area contributed by atoms with Gasteiger partial charge in [-0.2, -0.15) is 0 Å². The van der Waals surface area contributed by atoms with Crippen molar-refractivity contribution in [1.82, 2.24) is 5.32 Å². The van der Waals surface area contributed by atoms with Crippen molar-refractivity contribution in [2.24, 2.45) is 5.92 Å². The first-order chi connectivity index (χ1) is 8.88. The second kappa shape index (κ2) is 6.92. The van der Waals surface area contributed by atoms with Crippen LogP contribution in [-0.2, 0) is 6.54 Å². The molecule has 0 saturated carbocycles. The van der Waals surface area contributed by atoms with Gasteiger partial charge >= 0.3 is 0 Å². The molecular formula is C16H27NO2. The second-order valence-electron chi connectivity index (χ2n) is 5.64. The van der Waals surface area contributed by atoms with Crippen molar-refractivity contribution in [3.05, 3.63) is 29.3 Å². The first-order valence-corrected chi connectivity index (χ1v) is 7.03. The second-order valence-corrected chi connectivity index (χ2v) is 5.64. The van der Waals surface area contributed by atoms with Crippen molar-refractivity contribution in [2.45, 2.75) is 46.8 Å². The predicted molar refractivity (Wildman–Crippen MR) is 79.5 cm³/mol. The molecule has 1 aromatic rings. The standard InChI is InChI=1S/C16H27NO2/c1-6-17-10-14-9-7-8-13(4)15(14)19-11-16(5,18)12(2)3/h7-9,12,17-18H,6,10-11H2,1-5H3. The Morgan fingerprint density at radius 2 is 2.05 bits per heavy atom. The average Bonchev–Trinajstić information content (AvgIpc) is 2.34. The van der Waals surface area contributed by atoms with Gasteiger partial charge in [0.15, 0.2) is 0 Å². The minimum Gasteiger partial charge on any atom is -0.490 e. The summed E-state index contributed by atoms with van der Waals surface area (Å²) in [4.78, 5) is 0. The summed E-state index contributed by atoms with van der Waals surface area (Å²) in [6.45, 7) is 12.0. The average molecular weight is 265 g/mol. The highest BCUT2D eigenvalue weighted by atomic mass is 16.5. The van der Waals surface area contributed by atoms with Crippen LogP contribution >= 0.6 is 0 Å². The van der Waals surface area contributed by atoms with E-state index in [2.05, 4.69) is 18.3 Å². The van der Waals surface area contributed by atoms with Gasteiger partial charge in [0.1, 0.15) is 12.4 Å². The van der Waals surface area contributed by atoms with E-state index in [9.17, 15) is 5.11 Å². The fourth-order valence-electron chi connectivity index (χ4n) is 1.70. The summed E-state index contributed by atoms with van der Waals surface area (Å²) in [5, 5.41) is 13.6. The van der Waals surface area contributed by atoms with Crippen LogP contribution in [0.2, 0.25) is 0 Å². The number of hydrogen-bond donors (Lipinski definition) is 2. The maximum Gasteiger partial charge on any atom is 0.126 e. The highest BCUT2D eigenvalue weighted by Gasteiger charge is 2.26. The van der Waals surface area contributed by atoms with Crippen LogP contribution in [0, 0.1) is 12.8 Å². The summed E-state index contributed by atoms with van der Waals surface area (Å²) in [5.41, 5.74) is 1.44. The molecule has 0 saturated heterocycles. The van der Waals surface area contributed by atoms with Crippen LogP contribution in [0.1, 0.15) is 38.8 Å². The van der Waals surface area contributed by atoms with E-state index in [0.29, 0.717) is 6.61 Å². The van der Waals surface area contributed by atoms with E-state index in [1.54, 1.807) is 0 Å². The summed E-state index contributed by atoms with van der Waals surface area (Å²) in [7, 11) is 0. The summed E-state index contributed by atoms with van der Waals surface area (Å²) in [6.07, 6.45) is 0. The Morgan fingerprint density at radius 3 is 2.63 bits per heavy atom. The van der Waals surface area contributed by atoms with Crippen molar-refractivity contribution < 1.29 is 9.84 Å². The predicted octanol–water partition coefficient (Wildman–Crippen LogP) is 2.89. The van der Waals surface area contributed by atoms with Crippen molar-refractivity contribution in [1.29, 1.82) is 0 Å². The van der Waals surface area contributed by atoms with Gasteiger partial charge in [0, 0.05) is 12.1 Å². The third kappa shape index (κ3) is 4.51. The Hall–Kier alpha value is -1.06. The zero-order valence-corrected chi connectivity index (χ0v) is 12.8. The van der Waals surface area contributed by atoms with Crippen LogP contribution in [0.5, 0.6) is 5.75 Å². The molecule has 3 heteroatoms. The molecule has 0 aromatic heterocycles. The Kier molecular flexibility index (Phi) is 5.83. The number of nitrogens with one attached hydrogen (secondary N) is 1. The van der Waals surface area contributed by atoms with Crippen LogP contribution in [0.25, 0.3) is 0 Å². The van der Waals surface area contributed by atoms with E-state index in [1.165, 1.54) is 0 Å². The fourth-order valence-corrected chi connectivity index (χ4v) is 1.70. The highest BCUT2D eigenvalue weighted by Crippen LogP contribution is 2.26. The molecule has 0 heterocycles. The molecular weight excluding hydrogens is 238 g/mol. The first-order valence-electron chi connectivity index (χ1n) is 7.03. The van der Waals surface area contributed by atoms with E-state index in [-0.39, 0.29) is 5.92 Å². The van der Waals surface area contributed by atoms with Crippen LogP contribution < -0.4 is 10.1 Å². The van der Waals surface area contributed by atoms with Gasteiger partial charge in [0.05, 0.1) is 5.60 Å². The lowest BCUT2D eigenvalue weighted by Crippen LogP contribution is -2.38. The molecule has 108 valence electrons. The molecule has 1 atom stereocenters. The molecule has 0 aliphatic heterocycles. The quantitative estimate of drug-likeness (QED) is 0.796. The van der Waals surface area contributed by atoms with Crippen molar-refractivity contribution in [3.63, 3.8) is 0 Å². The lowest BCUT2D eigenvalue weighted by Gasteiger charge is -2.28. The zero-order chi connectivity index (χ0) is 14.5. The van der Waals surface area contributed by atoms with E-state index >= 15 is 0 Å². The molecule has 0 aliphatic carbocycles. The normalized spacial score (nSPS) is 14.5. The van der Waals surface area contributed by atoms with Gasteiger partial charge in [-0.05, 0) is 31.9 Å². The van der Waals surface area contributed by atoms with Gasteiger partial charge < -0.3 is 15.2 Å². The minimum absolute atomic E-state index is 0.161. The number of benzene rings is 1. The third-order valence-corrected chi connectivity index (χ3v) is 3.61. The summed E-state index contributed by atoms with van der Waals surface area (Å²) in [6, 6.07) is 6.14. The molecule has 0 bridgehead atoms. The Balaban J connectivity index is 2.81. The molecule has 3 nitrogen and oxygen atoms in total. The summed E-state index contributed by atoms with van der Waals surface area (Å²) < 4.78 is 5.90. The smallest absolute Gasteiger partial charge is 0.126 e. The summed E-state index contributed by atoms with van der Waals surface area (Å²) >= 11 is 0. The van der Waals surface area contributed by atoms with Gasteiger partial charge in [-0.3, -0.25) is 0 Å². The monoisotopic (exact) mass is 265 g/mol. The SMILES string of the molecule is CCNCc1cccc(C)c1OCC(C)(O)C(C)C. The highest BCUT2D eigenvalue weighted by molar-refractivity contribution is 5.40. The Morgan fingerprint density at radius 1 is 1.37 bits per heavy atom. The number of ether oxygens (including phenoxy) is 1. The van der Waals surface area contributed by atoms with Gasteiger partial charge in [0.25, 0.3) is 0 Å². The number of aryl methyl sites for hydroxylation is 1. The number of aliphatic hydroxyl groups is 1. The molecule has 0 amide bonds. The number of rotatable bonds is 7. The lowest BCUT2D eigenvalue weighted by atomic mass is 9.93. The van der Waals surface area contributed by atoms with Crippen LogP contribution in [0.3, 0.4) is 0 Å². The topological polar surface area (TPSA) is 41.5 Å². The molecule has 0 radical (unpaired) electrons. The van der Waals surface area contributed by atoms with Crippen molar-refractivity contribution >= 4 is 0 Å². The van der Waals surface area contributed by atoms with Crippen LogP contribution in [-0.4, -0.2) is 23.9 Å². The molecule has 1 rings (SSSR count). The molecule has 2 N–H and O–H groups in total. The lowest BCUT2D eigenvalue weighted by molar-refractivity contribution is -0.0270. The molecule has 0 fully saturated rings. The zero-order valence-electron chi connectivity index (χ0n) is 12.8. The van der Waals surface area contributed by atoms with E-state index < -0.39 is 5.60 Å². The van der Waals surface area contributed by atoms with Gasteiger partial charge in [-0.15, -0.1) is 0 Å². The van der Waals surface area contributed by atoms with Gasteiger partial charge in [-0.1, -0.05) is 39.0 Å². The summed E-state index contributed by atoms with van der Waals surface area (Å²) in [5.74, 6) is 1.05. The van der Waals surface area contributed by atoms with Crippen LogP contribution in [0.15, 0.2) is 18.2 Å². The third-order valence-electron chi connectivity index (χ3n) is 3.61. The number of hydrogen-bond acceptors (Lipinski definition) is 3. The van der Waals surface area contributed by atoms with E-state index in [4.69, 9.17) is 4.74 Å². The molecule has 1 unspecified atom stereocenters. The van der Waals surface area contributed by atoms with Crippen molar-refractivity contribution in [3.8, 4) is 5.75 Å². The maximum atomic E-state index is 10.3. The van der Waals surface area contributed by atoms with Crippen LogP contribution in [0.4, 0.5) is 0 Å². The van der Waals surface area contributed by atoms with Gasteiger partial charge in [0.2, 0.25) is 0 Å². The fraction of sp³-hybridized carbons (Fsp3) is 0.625. The molecule has 1 aromatic carbocycles. The molecule has 0 aliphatic rings.